The van der Waals surface area contributed by atoms with Crippen molar-refractivity contribution in [2.24, 2.45) is 11.8 Å². The second-order valence-corrected chi connectivity index (χ2v) is 4.39. The fraction of sp³-hybridized carbons (Fsp3) is 0.900. The van der Waals surface area contributed by atoms with Crippen molar-refractivity contribution in [2.45, 2.75) is 38.1 Å². The molecule has 0 aromatic heterocycles. The maximum atomic E-state index is 11.2. The molecular formula is C10H17NO2. The zero-order valence-electron chi connectivity index (χ0n) is 8.05. The predicted molar refractivity (Wildman–Crippen MR) is 49.5 cm³/mol. The molecule has 3 heteroatoms. The molecular weight excluding hydrogens is 166 g/mol. The lowest BCUT2D eigenvalue weighted by molar-refractivity contribution is -0.147. The lowest BCUT2D eigenvalue weighted by Gasteiger charge is -2.34. The van der Waals surface area contributed by atoms with Gasteiger partial charge >= 0.3 is 5.97 Å². The minimum Gasteiger partial charge on any atom is -0.480 e. The molecule has 0 saturated heterocycles. The van der Waals surface area contributed by atoms with E-state index in [2.05, 4.69) is 5.32 Å². The van der Waals surface area contributed by atoms with Crippen molar-refractivity contribution in [3.8, 4) is 0 Å². The van der Waals surface area contributed by atoms with Gasteiger partial charge in [-0.3, -0.25) is 4.79 Å². The first-order valence-electron chi connectivity index (χ1n) is 5.17. The van der Waals surface area contributed by atoms with Crippen molar-refractivity contribution in [3.05, 3.63) is 0 Å². The van der Waals surface area contributed by atoms with Gasteiger partial charge in [0, 0.05) is 0 Å². The molecule has 0 aromatic rings. The highest BCUT2D eigenvalue weighted by molar-refractivity contribution is 5.80. The third kappa shape index (κ3) is 1.17. The summed E-state index contributed by atoms with van der Waals surface area (Å²) in [7, 11) is 0. The number of aliphatic carboxylic acids is 1. The number of carbonyl (C=O) groups is 1. The van der Waals surface area contributed by atoms with Crippen LogP contribution in [0, 0.1) is 11.8 Å². The number of carboxylic acid groups (broad SMARTS) is 1. The fourth-order valence-corrected chi connectivity index (χ4v) is 3.20. The Morgan fingerprint density at radius 3 is 2.77 bits per heavy atom. The molecule has 2 aliphatic rings. The molecule has 0 heterocycles. The average Bonchev–Trinajstić information content (AvgIpc) is 2.64. The second kappa shape index (κ2) is 2.98. The van der Waals surface area contributed by atoms with E-state index >= 15 is 0 Å². The number of hydrogen-bond donors (Lipinski definition) is 2. The molecule has 3 nitrogen and oxygen atoms in total. The molecule has 2 aliphatic carbocycles. The van der Waals surface area contributed by atoms with Gasteiger partial charge < -0.3 is 10.4 Å². The standard InChI is InChI=1S/C10H17NO2/c1-2-11-10(9(12)13)6-7-3-4-8(10)5-7/h7-8,11H,2-6H2,1H3,(H,12,13). The van der Waals surface area contributed by atoms with Crippen LogP contribution in [0.2, 0.25) is 0 Å². The number of likely N-dealkylation sites (N-methyl/N-ethyl adjacent to an activating group) is 1. The van der Waals surface area contributed by atoms with E-state index in [4.69, 9.17) is 0 Å². The molecule has 3 atom stereocenters. The highest BCUT2D eigenvalue weighted by Crippen LogP contribution is 2.50. The Labute approximate surface area is 78.5 Å². The van der Waals surface area contributed by atoms with Crippen molar-refractivity contribution >= 4 is 5.97 Å². The number of fused-ring (bicyclic) bond motifs is 2. The molecule has 0 aliphatic heterocycles. The summed E-state index contributed by atoms with van der Waals surface area (Å²) in [6.45, 7) is 2.74. The van der Waals surface area contributed by atoms with Gasteiger partial charge in [-0.15, -0.1) is 0 Å². The molecule has 2 bridgehead atoms. The highest BCUT2D eigenvalue weighted by Gasteiger charge is 2.55. The van der Waals surface area contributed by atoms with Crippen LogP contribution in [-0.4, -0.2) is 23.2 Å². The normalized spacial score (nSPS) is 42.5. The fourth-order valence-electron chi connectivity index (χ4n) is 3.20. The zero-order valence-corrected chi connectivity index (χ0v) is 8.05. The Hall–Kier alpha value is -0.570. The third-order valence-electron chi connectivity index (χ3n) is 3.72. The molecule has 2 saturated carbocycles. The monoisotopic (exact) mass is 183 g/mol. The Kier molecular flexibility index (Phi) is 2.06. The van der Waals surface area contributed by atoms with Crippen molar-refractivity contribution in [1.29, 1.82) is 0 Å². The van der Waals surface area contributed by atoms with Crippen molar-refractivity contribution in [3.63, 3.8) is 0 Å². The van der Waals surface area contributed by atoms with Crippen LogP contribution in [0.15, 0.2) is 0 Å². The van der Waals surface area contributed by atoms with Gasteiger partial charge in [0.15, 0.2) is 0 Å². The topological polar surface area (TPSA) is 49.3 Å². The largest absolute Gasteiger partial charge is 0.480 e. The SMILES string of the molecule is CCNC1(C(=O)O)CC2CCC1C2. The van der Waals surface area contributed by atoms with E-state index in [1.165, 1.54) is 6.42 Å². The molecule has 0 amide bonds. The Bertz CT molecular complexity index is 229. The minimum atomic E-state index is -0.637. The van der Waals surface area contributed by atoms with Crippen LogP contribution in [0.4, 0.5) is 0 Å². The molecule has 2 N–H and O–H groups in total. The maximum Gasteiger partial charge on any atom is 0.324 e. The van der Waals surface area contributed by atoms with Crippen molar-refractivity contribution in [2.75, 3.05) is 6.54 Å². The first-order valence-corrected chi connectivity index (χ1v) is 5.17. The van der Waals surface area contributed by atoms with Crippen molar-refractivity contribution < 1.29 is 9.90 Å². The van der Waals surface area contributed by atoms with Gasteiger partial charge in [0.2, 0.25) is 0 Å². The lowest BCUT2D eigenvalue weighted by Crippen LogP contribution is -2.55. The maximum absolute atomic E-state index is 11.2. The van der Waals surface area contributed by atoms with Crippen LogP contribution >= 0.6 is 0 Å². The van der Waals surface area contributed by atoms with Gasteiger partial charge in [0.05, 0.1) is 0 Å². The summed E-state index contributed by atoms with van der Waals surface area (Å²) in [6.07, 6.45) is 4.31. The van der Waals surface area contributed by atoms with E-state index in [0.717, 1.165) is 25.8 Å². The lowest BCUT2D eigenvalue weighted by atomic mass is 9.81. The molecule has 3 unspecified atom stereocenters. The summed E-state index contributed by atoms with van der Waals surface area (Å²) in [6, 6.07) is 0. The molecule has 13 heavy (non-hydrogen) atoms. The van der Waals surface area contributed by atoms with Crippen LogP contribution in [0.5, 0.6) is 0 Å². The van der Waals surface area contributed by atoms with Crippen LogP contribution in [-0.2, 0) is 4.79 Å². The van der Waals surface area contributed by atoms with Gasteiger partial charge in [-0.1, -0.05) is 13.3 Å². The molecule has 0 radical (unpaired) electrons. The van der Waals surface area contributed by atoms with Gasteiger partial charge in [0.25, 0.3) is 0 Å². The zero-order chi connectivity index (χ0) is 9.47. The first kappa shape index (κ1) is 9.00. The second-order valence-electron chi connectivity index (χ2n) is 4.39. The van der Waals surface area contributed by atoms with Crippen LogP contribution < -0.4 is 5.32 Å². The van der Waals surface area contributed by atoms with Crippen LogP contribution in [0.25, 0.3) is 0 Å². The van der Waals surface area contributed by atoms with E-state index in [1.54, 1.807) is 0 Å². The van der Waals surface area contributed by atoms with E-state index in [1.807, 2.05) is 6.92 Å². The predicted octanol–water partition coefficient (Wildman–Crippen LogP) is 1.24. The Morgan fingerprint density at radius 2 is 2.38 bits per heavy atom. The van der Waals surface area contributed by atoms with Gasteiger partial charge in [-0.25, -0.2) is 0 Å². The summed E-state index contributed by atoms with van der Waals surface area (Å²) in [5.41, 5.74) is -0.572. The van der Waals surface area contributed by atoms with Crippen molar-refractivity contribution in [1.82, 2.24) is 5.32 Å². The molecule has 0 aromatic carbocycles. The number of rotatable bonds is 3. The molecule has 74 valence electrons. The number of hydrogen-bond acceptors (Lipinski definition) is 2. The van der Waals surface area contributed by atoms with Gasteiger partial charge in [-0.05, 0) is 37.6 Å². The quantitative estimate of drug-likeness (QED) is 0.692. The molecule has 2 rings (SSSR count). The molecule has 2 fully saturated rings. The number of carboxylic acids is 1. The number of nitrogens with one attached hydrogen (secondary N) is 1. The van der Waals surface area contributed by atoms with Crippen LogP contribution in [0.1, 0.15) is 32.6 Å². The smallest absolute Gasteiger partial charge is 0.324 e. The van der Waals surface area contributed by atoms with E-state index in [-0.39, 0.29) is 0 Å². The summed E-state index contributed by atoms with van der Waals surface area (Å²) < 4.78 is 0. The summed E-state index contributed by atoms with van der Waals surface area (Å²) in [5, 5.41) is 12.4. The van der Waals surface area contributed by atoms with E-state index < -0.39 is 11.5 Å². The Balaban J connectivity index is 2.20. The van der Waals surface area contributed by atoms with E-state index in [9.17, 15) is 9.90 Å². The Morgan fingerprint density at radius 1 is 1.62 bits per heavy atom. The van der Waals surface area contributed by atoms with Crippen LogP contribution in [0.3, 0.4) is 0 Å². The van der Waals surface area contributed by atoms with E-state index in [0.29, 0.717) is 11.8 Å². The van der Waals surface area contributed by atoms with Gasteiger partial charge in [0.1, 0.15) is 5.54 Å². The molecule has 0 spiro atoms. The minimum absolute atomic E-state index is 0.384. The van der Waals surface area contributed by atoms with Gasteiger partial charge in [-0.2, -0.15) is 0 Å². The third-order valence-corrected chi connectivity index (χ3v) is 3.72. The summed E-state index contributed by atoms with van der Waals surface area (Å²) in [5.74, 6) is 0.414. The first-order chi connectivity index (χ1) is 6.19. The summed E-state index contributed by atoms with van der Waals surface area (Å²) >= 11 is 0. The summed E-state index contributed by atoms with van der Waals surface area (Å²) in [4.78, 5) is 11.2. The average molecular weight is 183 g/mol. The highest BCUT2D eigenvalue weighted by atomic mass is 16.4.